The quantitative estimate of drug-likeness (QED) is 0.574. The second-order valence-corrected chi connectivity index (χ2v) is 9.43. The Hall–Kier alpha value is -2.12. The van der Waals surface area contributed by atoms with Crippen LogP contribution in [0.5, 0.6) is 0 Å². The standard InChI is InChI=1S/C21H23ClN4O2S/c1-13-24-25-20(29-13)11-19(27)18(9-14-5-3-2-4-6-14)26-12-23-17-8-7-15(22)10-16(17)21(26)28/h7-8,10,12,14,18H,2-6,9,11H2,1H3. The lowest BCUT2D eigenvalue weighted by Gasteiger charge is -2.27. The molecule has 0 aliphatic heterocycles. The van der Waals surface area contributed by atoms with Crippen LogP contribution in [-0.4, -0.2) is 25.5 Å². The molecule has 29 heavy (non-hydrogen) atoms. The number of nitrogens with zero attached hydrogens (tertiary/aromatic N) is 4. The first kappa shape index (κ1) is 20.2. The Morgan fingerprint density at radius 3 is 2.79 bits per heavy atom. The third-order valence-electron chi connectivity index (χ3n) is 5.63. The fraction of sp³-hybridized carbons (Fsp3) is 0.476. The van der Waals surface area contributed by atoms with E-state index in [1.807, 2.05) is 6.92 Å². The minimum Gasteiger partial charge on any atom is -0.297 e. The van der Waals surface area contributed by atoms with Crippen LogP contribution >= 0.6 is 22.9 Å². The third kappa shape index (κ3) is 4.56. The van der Waals surface area contributed by atoms with Crippen LogP contribution in [0.3, 0.4) is 0 Å². The van der Waals surface area contributed by atoms with Crippen molar-refractivity contribution < 1.29 is 4.79 Å². The van der Waals surface area contributed by atoms with Gasteiger partial charge in [-0.3, -0.25) is 14.2 Å². The molecule has 1 saturated carbocycles. The highest BCUT2D eigenvalue weighted by Gasteiger charge is 2.28. The van der Waals surface area contributed by atoms with Crippen molar-refractivity contribution in [2.75, 3.05) is 0 Å². The smallest absolute Gasteiger partial charge is 0.261 e. The molecule has 2 aromatic heterocycles. The van der Waals surface area contributed by atoms with E-state index in [4.69, 9.17) is 11.6 Å². The van der Waals surface area contributed by atoms with Gasteiger partial charge in [-0.25, -0.2) is 4.98 Å². The van der Waals surface area contributed by atoms with Crippen LogP contribution < -0.4 is 5.56 Å². The first-order valence-corrected chi connectivity index (χ1v) is 11.2. The fourth-order valence-corrected chi connectivity index (χ4v) is 5.04. The molecule has 3 aromatic rings. The van der Waals surface area contributed by atoms with Gasteiger partial charge >= 0.3 is 0 Å². The number of aromatic nitrogens is 4. The molecule has 6 nitrogen and oxygen atoms in total. The van der Waals surface area contributed by atoms with Gasteiger partial charge in [-0.05, 0) is 37.5 Å². The highest BCUT2D eigenvalue weighted by atomic mass is 35.5. The molecule has 1 aliphatic carbocycles. The summed E-state index contributed by atoms with van der Waals surface area (Å²) in [6, 6.07) is 4.51. The van der Waals surface area contributed by atoms with Gasteiger partial charge in [0.05, 0.1) is 29.7 Å². The monoisotopic (exact) mass is 430 g/mol. The fourth-order valence-electron chi connectivity index (χ4n) is 4.14. The first-order chi connectivity index (χ1) is 14.0. The molecule has 0 saturated heterocycles. The summed E-state index contributed by atoms with van der Waals surface area (Å²) in [5.74, 6) is 0.424. The zero-order valence-corrected chi connectivity index (χ0v) is 17.9. The number of fused-ring (bicyclic) bond motifs is 1. The van der Waals surface area contributed by atoms with Gasteiger partial charge in [0.2, 0.25) is 0 Å². The molecule has 0 amide bonds. The van der Waals surface area contributed by atoms with Crippen LogP contribution in [-0.2, 0) is 11.2 Å². The van der Waals surface area contributed by atoms with E-state index in [0.29, 0.717) is 33.3 Å². The van der Waals surface area contributed by atoms with Crippen LogP contribution in [0.1, 0.15) is 54.6 Å². The number of ketones is 1. The van der Waals surface area contributed by atoms with Crippen LogP contribution in [0.15, 0.2) is 29.3 Å². The lowest BCUT2D eigenvalue weighted by atomic mass is 9.83. The predicted molar refractivity (Wildman–Crippen MR) is 115 cm³/mol. The topological polar surface area (TPSA) is 77.7 Å². The van der Waals surface area contributed by atoms with Crippen LogP contribution in [0, 0.1) is 12.8 Å². The number of hydrogen-bond acceptors (Lipinski definition) is 6. The average Bonchev–Trinajstić information content (AvgIpc) is 3.12. The van der Waals surface area contributed by atoms with Crippen molar-refractivity contribution in [1.29, 1.82) is 0 Å². The van der Waals surface area contributed by atoms with Gasteiger partial charge in [0, 0.05) is 5.02 Å². The summed E-state index contributed by atoms with van der Waals surface area (Å²) in [7, 11) is 0. The molecule has 1 fully saturated rings. The van der Waals surface area contributed by atoms with Crippen LogP contribution in [0.4, 0.5) is 0 Å². The lowest BCUT2D eigenvalue weighted by molar-refractivity contribution is -0.122. The molecule has 0 radical (unpaired) electrons. The minimum absolute atomic E-state index is 0.0167. The van der Waals surface area contributed by atoms with Gasteiger partial charge in [0.15, 0.2) is 5.78 Å². The predicted octanol–water partition coefficient (Wildman–Crippen LogP) is 4.53. The van der Waals surface area contributed by atoms with Crippen molar-refractivity contribution in [3.05, 3.63) is 49.9 Å². The molecule has 152 valence electrons. The van der Waals surface area contributed by atoms with Crippen molar-refractivity contribution in [2.24, 2.45) is 5.92 Å². The van der Waals surface area contributed by atoms with Crippen molar-refractivity contribution in [3.8, 4) is 0 Å². The first-order valence-electron chi connectivity index (χ1n) is 9.99. The zero-order valence-electron chi connectivity index (χ0n) is 16.3. The number of carbonyl (C=O) groups is 1. The third-order valence-corrected chi connectivity index (χ3v) is 6.70. The maximum atomic E-state index is 13.3. The second-order valence-electron chi connectivity index (χ2n) is 7.73. The molecule has 0 N–H and O–H groups in total. The molecule has 0 bridgehead atoms. The van der Waals surface area contributed by atoms with Crippen molar-refractivity contribution in [2.45, 2.75) is 57.9 Å². The number of benzene rings is 1. The number of hydrogen-bond donors (Lipinski definition) is 0. The second kappa shape index (κ2) is 8.71. The Labute approximate surface area is 178 Å². The molecule has 8 heteroatoms. The van der Waals surface area contributed by atoms with E-state index in [1.165, 1.54) is 41.5 Å². The van der Waals surface area contributed by atoms with Gasteiger partial charge in [-0.15, -0.1) is 21.5 Å². The lowest BCUT2D eigenvalue weighted by Crippen LogP contribution is -2.33. The summed E-state index contributed by atoms with van der Waals surface area (Å²) in [5, 5.41) is 10.5. The molecule has 2 heterocycles. The van der Waals surface area contributed by atoms with E-state index in [9.17, 15) is 9.59 Å². The maximum Gasteiger partial charge on any atom is 0.261 e. The van der Waals surface area contributed by atoms with Crippen molar-refractivity contribution >= 4 is 39.6 Å². The Morgan fingerprint density at radius 2 is 2.07 bits per heavy atom. The number of halogens is 1. The number of carbonyl (C=O) groups excluding carboxylic acids is 1. The van der Waals surface area contributed by atoms with Gasteiger partial charge in [-0.1, -0.05) is 43.7 Å². The Balaban J connectivity index is 1.70. The Bertz CT molecular complexity index is 1090. The van der Waals surface area contributed by atoms with Gasteiger partial charge in [-0.2, -0.15) is 0 Å². The van der Waals surface area contributed by atoms with E-state index in [0.717, 1.165) is 17.8 Å². The highest BCUT2D eigenvalue weighted by Crippen LogP contribution is 2.31. The van der Waals surface area contributed by atoms with Gasteiger partial charge in [0.1, 0.15) is 10.0 Å². The largest absolute Gasteiger partial charge is 0.297 e. The summed E-state index contributed by atoms with van der Waals surface area (Å²) in [6.45, 7) is 1.87. The summed E-state index contributed by atoms with van der Waals surface area (Å²) < 4.78 is 1.50. The molecule has 1 unspecified atom stereocenters. The van der Waals surface area contributed by atoms with E-state index in [1.54, 1.807) is 18.2 Å². The molecule has 1 atom stereocenters. The Morgan fingerprint density at radius 1 is 1.28 bits per heavy atom. The number of aryl methyl sites for hydroxylation is 1. The molecular formula is C21H23ClN4O2S. The van der Waals surface area contributed by atoms with Crippen molar-refractivity contribution in [3.63, 3.8) is 0 Å². The van der Waals surface area contributed by atoms with E-state index >= 15 is 0 Å². The van der Waals surface area contributed by atoms with Gasteiger partial charge in [0.25, 0.3) is 5.56 Å². The van der Waals surface area contributed by atoms with Crippen molar-refractivity contribution in [1.82, 2.24) is 19.7 Å². The summed E-state index contributed by atoms with van der Waals surface area (Å²) in [6.07, 6.45) is 8.16. The van der Waals surface area contributed by atoms with E-state index in [2.05, 4.69) is 15.2 Å². The normalized spacial score (nSPS) is 16.2. The average molecular weight is 431 g/mol. The van der Waals surface area contributed by atoms with E-state index < -0.39 is 6.04 Å². The molecular weight excluding hydrogens is 408 g/mol. The number of rotatable bonds is 6. The summed E-state index contributed by atoms with van der Waals surface area (Å²) in [4.78, 5) is 30.9. The minimum atomic E-state index is -0.550. The van der Waals surface area contributed by atoms with Crippen LogP contribution in [0.25, 0.3) is 10.9 Å². The molecule has 1 aliphatic rings. The summed E-state index contributed by atoms with van der Waals surface area (Å²) >= 11 is 7.51. The SMILES string of the molecule is Cc1nnc(CC(=O)C(CC2CCCCC2)n2cnc3ccc(Cl)cc3c2=O)s1. The summed E-state index contributed by atoms with van der Waals surface area (Å²) in [5.41, 5.74) is 0.361. The van der Waals surface area contributed by atoms with E-state index in [-0.39, 0.29) is 17.8 Å². The highest BCUT2D eigenvalue weighted by molar-refractivity contribution is 7.11. The number of Topliss-reactive ketones (excluding diaryl/α,β-unsaturated/α-hetero) is 1. The Kier molecular flexibility index (Phi) is 6.06. The molecule has 0 spiro atoms. The maximum absolute atomic E-state index is 13.3. The molecule has 4 rings (SSSR count). The van der Waals surface area contributed by atoms with Crippen LogP contribution in [0.2, 0.25) is 5.02 Å². The van der Waals surface area contributed by atoms with Gasteiger partial charge < -0.3 is 0 Å². The zero-order chi connectivity index (χ0) is 20.4. The molecule has 1 aromatic carbocycles.